The van der Waals surface area contributed by atoms with Crippen molar-refractivity contribution in [1.29, 1.82) is 0 Å². The fourth-order valence-electron chi connectivity index (χ4n) is 7.70. The Morgan fingerprint density at radius 2 is 1.00 bits per heavy atom. The minimum Gasteiger partial charge on any atom is -0.494 e. The van der Waals surface area contributed by atoms with Crippen molar-refractivity contribution in [2.75, 3.05) is 14.2 Å². The molecule has 0 fully saturated rings. The number of pyridine rings is 2. The number of halogens is 10. The number of hydrogen-bond donors (Lipinski definition) is 2. The van der Waals surface area contributed by atoms with Gasteiger partial charge in [-0.1, -0.05) is 23.2 Å². The van der Waals surface area contributed by atoms with E-state index in [1.54, 1.807) is 54.1 Å². The smallest absolute Gasteiger partial charge is 0.422 e. The molecular weight excluding hydrogens is 1000 g/mol. The molecule has 72 heavy (non-hydrogen) atoms. The van der Waals surface area contributed by atoms with Gasteiger partial charge in [0.25, 0.3) is 0 Å². The monoisotopic (exact) mass is 1040 g/mol. The van der Waals surface area contributed by atoms with E-state index < -0.39 is 83.8 Å². The molecule has 0 bridgehead atoms. The average molecular weight is 1040 g/mol. The zero-order valence-corrected chi connectivity index (χ0v) is 39.7. The molecule has 2 atom stereocenters. The second-order valence-corrected chi connectivity index (χ2v) is 17.2. The SMILES string of the molecule is COc1ccc(C(O)(CCC(=O)c2ccc3c(c2)ncn3C)C(F)(F)F)nc1-c1ccc(F)c(Cl)c1.COc1ccc(C(O)(CCC(=O)c2ccc3ncn(C)c3c2)C(F)(F)F)nc1-c1ccc(F)c(Cl)c1. The zero-order valence-electron chi connectivity index (χ0n) is 38.2. The lowest BCUT2D eigenvalue weighted by Crippen LogP contribution is -2.43. The van der Waals surface area contributed by atoms with Gasteiger partial charge in [0.1, 0.15) is 34.5 Å². The van der Waals surface area contributed by atoms with Crippen LogP contribution in [0.5, 0.6) is 11.5 Å². The van der Waals surface area contributed by atoms with Crippen molar-refractivity contribution in [3.05, 3.63) is 154 Å². The number of Topliss-reactive ketones (excluding diaryl/α,β-unsaturated/α-hetero) is 2. The van der Waals surface area contributed by atoms with Gasteiger partial charge < -0.3 is 28.8 Å². The summed E-state index contributed by atoms with van der Waals surface area (Å²) in [7, 11) is 6.08. The number of imidazole rings is 2. The van der Waals surface area contributed by atoms with E-state index in [0.29, 0.717) is 16.6 Å². The maximum Gasteiger partial charge on any atom is 0.422 e. The van der Waals surface area contributed by atoms with E-state index in [2.05, 4.69) is 19.9 Å². The molecule has 4 aromatic carbocycles. The van der Waals surface area contributed by atoms with Crippen LogP contribution in [-0.2, 0) is 25.3 Å². The molecule has 0 radical (unpaired) electrons. The zero-order chi connectivity index (χ0) is 52.5. The van der Waals surface area contributed by atoms with Crippen LogP contribution in [0.3, 0.4) is 0 Å². The number of ketones is 2. The summed E-state index contributed by atoms with van der Waals surface area (Å²) in [5.74, 6) is -2.43. The van der Waals surface area contributed by atoms with Gasteiger partial charge in [-0.15, -0.1) is 0 Å². The highest BCUT2D eigenvalue weighted by atomic mass is 35.5. The molecule has 0 aliphatic rings. The molecule has 0 spiro atoms. The second-order valence-electron chi connectivity index (χ2n) is 16.4. The number of aromatic nitrogens is 6. The lowest BCUT2D eigenvalue weighted by molar-refractivity contribution is -0.270. The third kappa shape index (κ3) is 10.6. The largest absolute Gasteiger partial charge is 0.494 e. The molecule has 2 unspecified atom stereocenters. The van der Waals surface area contributed by atoms with Crippen molar-refractivity contribution < 1.29 is 64.4 Å². The topological polar surface area (TPSA) is 154 Å². The maximum atomic E-state index is 14.2. The van der Waals surface area contributed by atoms with Gasteiger partial charge >= 0.3 is 12.4 Å². The van der Waals surface area contributed by atoms with E-state index in [9.17, 15) is 54.9 Å². The summed E-state index contributed by atoms with van der Waals surface area (Å²) in [6.45, 7) is 0. The predicted molar refractivity (Wildman–Crippen MR) is 251 cm³/mol. The van der Waals surface area contributed by atoms with Crippen LogP contribution in [0.4, 0.5) is 35.1 Å². The molecule has 8 rings (SSSR count). The second kappa shape index (κ2) is 20.6. The minimum absolute atomic E-state index is 0.0763. The number of ether oxygens (including phenoxy) is 2. The molecule has 0 amide bonds. The first-order valence-corrected chi connectivity index (χ1v) is 22.1. The Hall–Kier alpha value is -7.00. The molecule has 4 heterocycles. The lowest BCUT2D eigenvalue weighted by atomic mass is 9.89. The van der Waals surface area contributed by atoms with Gasteiger partial charge in [-0.2, -0.15) is 26.3 Å². The van der Waals surface area contributed by atoms with E-state index in [4.69, 9.17) is 32.7 Å². The van der Waals surface area contributed by atoms with Crippen LogP contribution in [0.2, 0.25) is 10.0 Å². The van der Waals surface area contributed by atoms with E-state index in [0.717, 1.165) is 29.8 Å². The van der Waals surface area contributed by atoms with Gasteiger partial charge in [-0.25, -0.2) is 28.7 Å². The van der Waals surface area contributed by atoms with Crippen molar-refractivity contribution in [3.8, 4) is 34.0 Å². The predicted octanol–water partition coefficient (Wildman–Crippen LogP) is 11.7. The van der Waals surface area contributed by atoms with Crippen molar-refractivity contribution >= 4 is 56.8 Å². The van der Waals surface area contributed by atoms with E-state index in [1.165, 1.54) is 68.8 Å². The first-order chi connectivity index (χ1) is 33.9. The summed E-state index contributed by atoms with van der Waals surface area (Å²) in [6.07, 6.45) is -10.4. The van der Waals surface area contributed by atoms with Gasteiger partial charge in [0, 0.05) is 49.2 Å². The van der Waals surface area contributed by atoms with E-state index in [1.807, 2.05) is 0 Å². The number of rotatable bonds is 14. The summed E-state index contributed by atoms with van der Waals surface area (Å²) < 4.78 is 126. The highest BCUT2D eigenvalue weighted by Gasteiger charge is 2.57. The van der Waals surface area contributed by atoms with Crippen LogP contribution in [-0.4, -0.2) is 77.4 Å². The molecule has 376 valence electrons. The summed E-state index contributed by atoms with van der Waals surface area (Å²) in [5, 5.41) is 21.2. The number of carbonyl (C=O) groups is 2. The highest BCUT2D eigenvalue weighted by Crippen LogP contribution is 2.46. The standard InChI is InChI=1S/2C25H20ClF4N3O3/c1-33-13-31-18-12-14(4-6-19(18)33)20(34)9-10-24(35,25(28,29)30)22-8-7-21(36-2)23(32-22)15-3-5-17(27)16(26)11-15;1-33-13-31-18-6-4-14(12-19(18)33)20(34)9-10-24(35,25(28,29)30)22-8-7-21(36-2)23(32-22)15-3-5-17(27)16(26)11-15/h2*3-8,11-13,35H,9-10H2,1-2H3. The molecule has 22 heteroatoms. The number of hydrogen-bond acceptors (Lipinski definition) is 10. The van der Waals surface area contributed by atoms with Crippen LogP contribution in [0.25, 0.3) is 44.6 Å². The number of aryl methyl sites for hydroxylation is 2. The van der Waals surface area contributed by atoms with Gasteiger partial charge in [0.15, 0.2) is 11.6 Å². The van der Waals surface area contributed by atoms with Crippen molar-refractivity contribution in [3.63, 3.8) is 0 Å². The number of fused-ring (bicyclic) bond motifs is 2. The molecule has 0 aliphatic carbocycles. The summed E-state index contributed by atoms with van der Waals surface area (Å²) in [6, 6.07) is 20.7. The molecular formula is C50H40Cl2F8N6O6. The molecule has 0 saturated heterocycles. The van der Waals surface area contributed by atoms with Gasteiger partial charge in [-0.3, -0.25) is 9.59 Å². The van der Waals surface area contributed by atoms with Crippen molar-refractivity contribution in [2.45, 2.75) is 49.2 Å². The third-order valence-electron chi connectivity index (χ3n) is 11.9. The van der Waals surface area contributed by atoms with Crippen LogP contribution in [0, 0.1) is 11.6 Å². The Balaban J connectivity index is 0.000000211. The molecule has 0 aliphatic heterocycles. The molecule has 12 nitrogen and oxygen atoms in total. The van der Waals surface area contributed by atoms with Crippen LogP contribution in [0.15, 0.2) is 110 Å². The van der Waals surface area contributed by atoms with Crippen molar-refractivity contribution in [1.82, 2.24) is 29.1 Å². The number of aliphatic hydroxyl groups is 2. The fraction of sp³-hybridized carbons (Fsp3) is 0.240. The molecule has 2 N–H and O–H groups in total. The quantitative estimate of drug-likeness (QED) is 0.0794. The highest BCUT2D eigenvalue weighted by molar-refractivity contribution is 6.31. The summed E-state index contributed by atoms with van der Waals surface area (Å²) >= 11 is 11.7. The Morgan fingerprint density at radius 3 is 1.44 bits per heavy atom. The number of nitrogens with zero attached hydrogens (tertiary/aromatic N) is 6. The molecule has 8 aromatic rings. The number of carbonyl (C=O) groups excluding carboxylic acids is 2. The number of benzene rings is 4. The fourth-order valence-corrected chi connectivity index (χ4v) is 8.06. The normalized spacial score (nSPS) is 13.6. The Morgan fingerprint density at radius 1 is 0.569 bits per heavy atom. The maximum absolute atomic E-state index is 14.2. The number of alkyl halides is 6. The third-order valence-corrected chi connectivity index (χ3v) is 12.4. The Bertz CT molecular complexity index is 3350. The van der Waals surface area contributed by atoms with Gasteiger partial charge in [0.05, 0.1) is 70.4 Å². The molecule has 4 aromatic heterocycles. The van der Waals surface area contributed by atoms with Crippen LogP contribution in [0.1, 0.15) is 57.8 Å². The average Bonchev–Trinajstić information content (AvgIpc) is 3.92. The van der Waals surface area contributed by atoms with Crippen LogP contribution < -0.4 is 9.47 Å². The van der Waals surface area contributed by atoms with Crippen LogP contribution >= 0.6 is 23.2 Å². The minimum atomic E-state index is -5.16. The number of methoxy groups -OCH3 is 2. The summed E-state index contributed by atoms with van der Waals surface area (Å²) in [4.78, 5) is 41.9. The van der Waals surface area contributed by atoms with Gasteiger partial charge in [-0.05, 0) is 110 Å². The Labute approximate surface area is 414 Å². The molecule has 0 saturated carbocycles. The van der Waals surface area contributed by atoms with Crippen molar-refractivity contribution in [2.24, 2.45) is 14.1 Å². The first-order valence-electron chi connectivity index (χ1n) is 21.4. The first kappa shape index (κ1) is 52.8. The van der Waals surface area contributed by atoms with E-state index >= 15 is 0 Å². The van der Waals surface area contributed by atoms with Gasteiger partial charge in [0.2, 0.25) is 11.2 Å². The Kier molecular flexibility index (Phi) is 15.1. The summed E-state index contributed by atoms with van der Waals surface area (Å²) in [5.41, 5.74) is -5.21. The lowest BCUT2D eigenvalue weighted by Gasteiger charge is -2.30. The van der Waals surface area contributed by atoms with E-state index in [-0.39, 0.29) is 55.2 Å².